The number of H-pyrrole nitrogens is 1. The lowest BCUT2D eigenvalue weighted by Gasteiger charge is -2.49. The number of benzene rings is 1. The van der Waals surface area contributed by atoms with E-state index >= 15 is 0 Å². The molecule has 14 heteroatoms. The molecule has 8 radical (unpaired) electrons. The van der Waals surface area contributed by atoms with E-state index in [4.69, 9.17) is 59.3 Å². The number of nitrogens with zero attached hydrogens (tertiary/aromatic N) is 4. The largest absolute Gasteiger partial charge is 0.404 e. The fraction of sp³-hybridized carbons (Fsp3) is 0.389. The van der Waals surface area contributed by atoms with Gasteiger partial charge in [-0.2, -0.15) is 4.98 Å². The second-order valence-electron chi connectivity index (χ2n) is 7.85. The van der Waals surface area contributed by atoms with Crippen LogP contribution in [0.15, 0.2) is 29.3 Å². The maximum absolute atomic E-state index is 12.7. The van der Waals surface area contributed by atoms with Crippen LogP contribution in [0, 0.1) is 0 Å². The summed E-state index contributed by atoms with van der Waals surface area (Å²) in [7, 11) is 23.4. The van der Waals surface area contributed by atoms with Gasteiger partial charge in [0.05, 0.1) is 16.4 Å². The van der Waals surface area contributed by atoms with Crippen LogP contribution >= 0.6 is 23.2 Å². The molecule has 4 rings (SSSR count). The molecular weight excluding hydrogens is 446 g/mol. The predicted octanol–water partition coefficient (Wildman–Crippen LogP) is 0.352. The summed E-state index contributed by atoms with van der Waals surface area (Å²) in [4.78, 5) is 25.9. The third-order valence-corrected chi connectivity index (χ3v) is 5.64. The molecule has 3 aromatic rings. The first-order chi connectivity index (χ1) is 15.0. The fourth-order valence-electron chi connectivity index (χ4n) is 3.66. The molecule has 32 heavy (non-hydrogen) atoms. The number of halogens is 2. The number of hydrogen-bond donors (Lipinski definition) is 2. The monoisotopic (exact) mass is 462 g/mol. The molecule has 156 valence electrons. The number of aromatic nitrogens is 4. The minimum atomic E-state index is -1.47. The van der Waals surface area contributed by atoms with Crippen molar-refractivity contribution in [3.63, 3.8) is 0 Å². The topological polar surface area (TPSA) is 88.1 Å². The molecule has 0 saturated carbocycles. The van der Waals surface area contributed by atoms with Crippen molar-refractivity contribution in [2.75, 3.05) is 25.0 Å². The van der Waals surface area contributed by atoms with Crippen LogP contribution in [0.5, 0.6) is 0 Å². The Morgan fingerprint density at radius 2 is 1.84 bits per heavy atom. The van der Waals surface area contributed by atoms with Gasteiger partial charge in [-0.05, 0) is 17.7 Å². The fourth-order valence-corrected chi connectivity index (χ4v) is 3.98. The van der Waals surface area contributed by atoms with Gasteiger partial charge in [0.25, 0.3) is 5.56 Å². The van der Waals surface area contributed by atoms with Crippen molar-refractivity contribution in [2.45, 2.75) is 23.9 Å². The highest BCUT2D eigenvalue weighted by molar-refractivity contribution is 6.43. The van der Waals surface area contributed by atoms with Gasteiger partial charge in [0.1, 0.15) is 31.4 Å². The lowest BCUT2D eigenvalue weighted by atomic mass is 9.57. The van der Waals surface area contributed by atoms with Crippen LogP contribution in [0.4, 0.5) is 5.95 Å². The summed E-state index contributed by atoms with van der Waals surface area (Å²) in [5, 5.41) is 1.04. The molecule has 0 atom stereocenters. The Balaban J connectivity index is 1.46. The maximum Gasteiger partial charge on any atom is 0.278 e. The quantitative estimate of drug-likeness (QED) is 0.514. The zero-order valence-electron chi connectivity index (χ0n) is 17.0. The molecule has 2 N–H and O–H groups in total. The second-order valence-corrected chi connectivity index (χ2v) is 8.66. The average molecular weight is 463 g/mol. The van der Waals surface area contributed by atoms with Gasteiger partial charge in [0, 0.05) is 43.5 Å². The van der Waals surface area contributed by atoms with Crippen LogP contribution in [-0.2, 0) is 17.8 Å². The third-order valence-electron chi connectivity index (χ3n) is 4.91. The van der Waals surface area contributed by atoms with Crippen LogP contribution in [0.3, 0.4) is 0 Å². The first-order valence-electron chi connectivity index (χ1n) is 9.72. The summed E-state index contributed by atoms with van der Waals surface area (Å²) in [6.45, 7) is 1.74. The van der Waals surface area contributed by atoms with Crippen LogP contribution in [0.1, 0.15) is 5.56 Å². The van der Waals surface area contributed by atoms with Gasteiger partial charge in [-0.3, -0.25) is 14.7 Å². The van der Waals surface area contributed by atoms with E-state index in [9.17, 15) is 4.79 Å². The standard InChI is InChI=1S/C18H16B4Cl2N6O2/c19-17(20)7-29(8-18(21,22)32-17)3-4-30-9-26-14-13(30)15(31)28-16(27-14)25-6-10-1-2-11(23)12(24)5-10/h1-2,5,9H,3-4,6-8H2,(H2,25,27,28,31). The smallest absolute Gasteiger partial charge is 0.278 e. The Bertz CT molecular complexity index is 1190. The second kappa shape index (κ2) is 8.82. The Hall–Kier alpha value is -1.87. The molecule has 8 nitrogen and oxygen atoms in total. The number of hydrogen-bond acceptors (Lipinski definition) is 6. The van der Waals surface area contributed by atoms with Crippen LogP contribution in [0.25, 0.3) is 11.2 Å². The molecule has 0 amide bonds. The molecule has 2 aromatic heterocycles. The Kier molecular flexibility index (Phi) is 6.42. The van der Waals surface area contributed by atoms with E-state index in [1.165, 1.54) is 0 Å². The minimum absolute atomic E-state index is 0.229. The highest BCUT2D eigenvalue weighted by atomic mass is 35.5. The number of imidazole rings is 1. The van der Waals surface area contributed by atoms with Crippen molar-refractivity contribution in [1.29, 1.82) is 0 Å². The molecule has 1 aliphatic heterocycles. The lowest BCUT2D eigenvalue weighted by Crippen LogP contribution is -2.63. The predicted molar refractivity (Wildman–Crippen MR) is 128 cm³/mol. The maximum atomic E-state index is 12.7. The number of anilines is 1. The molecule has 0 aliphatic carbocycles. The Morgan fingerprint density at radius 3 is 2.53 bits per heavy atom. The first-order valence-corrected chi connectivity index (χ1v) is 10.5. The van der Waals surface area contributed by atoms with Gasteiger partial charge >= 0.3 is 0 Å². The highest BCUT2D eigenvalue weighted by Gasteiger charge is 2.36. The van der Waals surface area contributed by atoms with Gasteiger partial charge in [-0.25, -0.2) is 4.98 Å². The number of rotatable bonds is 6. The summed E-state index contributed by atoms with van der Waals surface area (Å²) in [6, 6.07) is 5.27. The molecule has 1 aromatic carbocycles. The lowest BCUT2D eigenvalue weighted by molar-refractivity contribution is -0.0558. The van der Waals surface area contributed by atoms with Gasteiger partial charge < -0.3 is 14.6 Å². The van der Waals surface area contributed by atoms with Crippen LogP contribution < -0.4 is 10.9 Å². The van der Waals surface area contributed by atoms with Crippen molar-refractivity contribution in [3.05, 3.63) is 50.5 Å². The van der Waals surface area contributed by atoms with E-state index in [-0.39, 0.29) is 18.6 Å². The van der Waals surface area contributed by atoms with E-state index in [0.717, 1.165) is 5.56 Å². The number of morpholine rings is 1. The van der Waals surface area contributed by atoms with Crippen LogP contribution in [0.2, 0.25) is 10.0 Å². The molecule has 1 fully saturated rings. The van der Waals surface area contributed by atoms with Gasteiger partial charge in [0.15, 0.2) is 11.2 Å². The van der Waals surface area contributed by atoms with E-state index in [1.807, 2.05) is 11.0 Å². The molecule has 1 aliphatic rings. The molecule has 0 bridgehead atoms. The van der Waals surface area contributed by atoms with E-state index in [0.29, 0.717) is 46.8 Å². The summed E-state index contributed by atoms with van der Waals surface area (Å²) < 4.78 is 6.96. The third kappa shape index (κ3) is 5.36. The van der Waals surface area contributed by atoms with Crippen molar-refractivity contribution < 1.29 is 4.74 Å². The summed E-state index contributed by atoms with van der Waals surface area (Å²) >= 11 is 12.0. The Morgan fingerprint density at radius 1 is 1.12 bits per heavy atom. The molecular formula is C18H16B4Cl2N6O2. The summed E-state index contributed by atoms with van der Waals surface area (Å²) in [5.41, 5.74) is 1.21. The van der Waals surface area contributed by atoms with Gasteiger partial charge in [-0.1, -0.05) is 29.3 Å². The molecule has 3 heterocycles. The normalized spacial score (nSPS) is 18.1. The van der Waals surface area contributed by atoms with Crippen molar-refractivity contribution in [3.8, 4) is 0 Å². The average Bonchev–Trinajstić information content (AvgIpc) is 3.08. The zero-order chi connectivity index (χ0) is 23.1. The summed E-state index contributed by atoms with van der Waals surface area (Å²) in [6.07, 6.45) is 1.55. The van der Waals surface area contributed by atoms with Crippen molar-refractivity contribution in [1.82, 2.24) is 24.4 Å². The molecule has 0 unspecified atom stereocenters. The number of ether oxygens (including phenoxy) is 1. The molecule has 0 spiro atoms. The SMILES string of the molecule is [B]C1([B])CN(CCn2cnc3nc(NCc4ccc(Cl)c(Cl)c4)[nH]c(=O)c32)CC([B])([B])O1. The Labute approximate surface area is 200 Å². The highest BCUT2D eigenvalue weighted by Crippen LogP contribution is 2.23. The van der Waals surface area contributed by atoms with Crippen molar-refractivity contribution >= 4 is 71.7 Å². The zero-order valence-corrected chi connectivity index (χ0v) is 18.5. The first kappa shape index (κ1) is 23.3. The van der Waals surface area contributed by atoms with E-state index in [2.05, 4.69) is 20.3 Å². The van der Waals surface area contributed by atoms with E-state index < -0.39 is 10.8 Å². The number of fused-ring (bicyclic) bond motifs is 1. The summed E-state index contributed by atoms with van der Waals surface area (Å²) in [5.74, 6) is 0.291. The van der Waals surface area contributed by atoms with Crippen molar-refractivity contribution in [2.24, 2.45) is 0 Å². The molecule has 1 saturated heterocycles. The minimum Gasteiger partial charge on any atom is -0.404 e. The van der Waals surface area contributed by atoms with Gasteiger partial charge in [-0.15, -0.1) is 0 Å². The van der Waals surface area contributed by atoms with Crippen LogP contribution in [-0.4, -0.2) is 86.2 Å². The number of aromatic amines is 1. The number of nitrogens with one attached hydrogen (secondary N) is 2. The van der Waals surface area contributed by atoms with E-state index in [1.54, 1.807) is 23.0 Å². The van der Waals surface area contributed by atoms with Gasteiger partial charge in [0.2, 0.25) is 5.95 Å².